The van der Waals surface area contributed by atoms with Gasteiger partial charge in [0.25, 0.3) is 0 Å². The predicted molar refractivity (Wildman–Crippen MR) is 68.5 cm³/mol. The largest absolute Gasteiger partial charge is 0.463 e. The van der Waals surface area contributed by atoms with Crippen LogP contribution in [0.1, 0.15) is 12.8 Å². The summed E-state index contributed by atoms with van der Waals surface area (Å²) in [6.07, 6.45) is 6.41. The molecule has 2 rings (SSSR count). The maximum atomic E-state index is 11.8. The van der Waals surface area contributed by atoms with Crippen LogP contribution in [0.3, 0.4) is 0 Å². The Balaban J connectivity index is 1.47. The zero-order valence-electron chi connectivity index (χ0n) is 11.1. The highest BCUT2D eigenvalue weighted by Crippen LogP contribution is 2.43. The van der Waals surface area contributed by atoms with Crippen molar-refractivity contribution < 1.29 is 24.1 Å². The molecule has 1 fully saturated rings. The van der Waals surface area contributed by atoms with Crippen LogP contribution in [0, 0.1) is 17.8 Å². The van der Waals surface area contributed by atoms with Crippen molar-refractivity contribution in [1.82, 2.24) is 0 Å². The van der Waals surface area contributed by atoms with Gasteiger partial charge in [-0.2, -0.15) is 0 Å². The molecule has 0 saturated heterocycles. The van der Waals surface area contributed by atoms with E-state index in [2.05, 4.69) is 12.2 Å². The smallest absolute Gasteiger partial charge is 0.309 e. The molecule has 0 amide bonds. The van der Waals surface area contributed by atoms with E-state index in [1.54, 1.807) is 0 Å². The molecule has 2 bridgehead atoms. The fourth-order valence-corrected chi connectivity index (χ4v) is 2.75. The van der Waals surface area contributed by atoms with E-state index >= 15 is 0 Å². The molecule has 108 valence electrons. The van der Waals surface area contributed by atoms with Crippen LogP contribution in [0.2, 0.25) is 0 Å². The van der Waals surface area contributed by atoms with Gasteiger partial charge in [-0.15, -0.1) is 0 Å². The Bertz CT molecular complexity index is 315. The lowest BCUT2D eigenvalue weighted by Crippen LogP contribution is -2.23. The van der Waals surface area contributed by atoms with Gasteiger partial charge >= 0.3 is 5.97 Å². The van der Waals surface area contributed by atoms with E-state index in [9.17, 15) is 4.79 Å². The maximum Gasteiger partial charge on any atom is 0.309 e. The minimum atomic E-state index is -0.0861. The average molecular weight is 270 g/mol. The van der Waals surface area contributed by atoms with Crippen molar-refractivity contribution in [3.05, 3.63) is 12.2 Å². The van der Waals surface area contributed by atoms with Crippen molar-refractivity contribution >= 4 is 5.97 Å². The Labute approximate surface area is 113 Å². The highest BCUT2D eigenvalue weighted by atomic mass is 16.6. The maximum absolute atomic E-state index is 11.8. The van der Waals surface area contributed by atoms with Crippen LogP contribution in [0.25, 0.3) is 0 Å². The number of rotatable bonds is 9. The molecule has 1 N–H and O–H groups in total. The average Bonchev–Trinajstić information content (AvgIpc) is 3.04. The molecule has 3 atom stereocenters. The lowest BCUT2D eigenvalue weighted by molar-refractivity contribution is -0.151. The summed E-state index contributed by atoms with van der Waals surface area (Å²) in [6, 6.07) is 0. The van der Waals surface area contributed by atoms with E-state index in [4.69, 9.17) is 19.3 Å². The van der Waals surface area contributed by atoms with E-state index in [0.717, 1.165) is 12.8 Å². The van der Waals surface area contributed by atoms with Gasteiger partial charge in [0.1, 0.15) is 6.61 Å². The van der Waals surface area contributed by atoms with Gasteiger partial charge in [-0.05, 0) is 24.7 Å². The van der Waals surface area contributed by atoms with Crippen LogP contribution >= 0.6 is 0 Å². The van der Waals surface area contributed by atoms with Crippen molar-refractivity contribution in [1.29, 1.82) is 0 Å². The molecule has 0 aliphatic heterocycles. The van der Waals surface area contributed by atoms with Crippen molar-refractivity contribution in [3.63, 3.8) is 0 Å². The lowest BCUT2D eigenvalue weighted by atomic mass is 9.94. The van der Waals surface area contributed by atoms with Gasteiger partial charge in [-0.25, -0.2) is 0 Å². The summed E-state index contributed by atoms with van der Waals surface area (Å²) < 4.78 is 15.5. The fourth-order valence-electron chi connectivity index (χ4n) is 2.75. The van der Waals surface area contributed by atoms with Gasteiger partial charge in [0, 0.05) is 0 Å². The van der Waals surface area contributed by atoms with Gasteiger partial charge in [-0.1, -0.05) is 12.2 Å². The monoisotopic (exact) mass is 270 g/mol. The number of ether oxygens (including phenoxy) is 3. The highest BCUT2D eigenvalue weighted by Gasteiger charge is 2.40. The molecular weight excluding hydrogens is 248 g/mol. The summed E-state index contributed by atoms with van der Waals surface area (Å²) in [4.78, 5) is 11.8. The topological polar surface area (TPSA) is 65.0 Å². The van der Waals surface area contributed by atoms with Gasteiger partial charge < -0.3 is 19.3 Å². The van der Waals surface area contributed by atoms with Gasteiger partial charge in [0.2, 0.25) is 0 Å². The second-order valence-corrected chi connectivity index (χ2v) is 5.00. The molecule has 1 saturated carbocycles. The zero-order chi connectivity index (χ0) is 13.5. The second kappa shape index (κ2) is 7.62. The van der Waals surface area contributed by atoms with Crippen LogP contribution in [-0.2, 0) is 19.0 Å². The van der Waals surface area contributed by atoms with Crippen LogP contribution in [0.15, 0.2) is 12.2 Å². The first-order valence-corrected chi connectivity index (χ1v) is 6.92. The summed E-state index contributed by atoms with van der Waals surface area (Å²) >= 11 is 0. The minimum Gasteiger partial charge on any atom is -0.463 e. The van der Waals surface area contributed by atoms with E-state index in [0.29, 0.717) is 44.9 Å². The molecule has 0 spiro atoms. The van der Waals surface area contributed by atoms with E-state index in [-0.39, 0.29) is 18.5 Å². The fraction of sp³-hybridized carbons (Fsp3) is 0.786. The van der Waals surface area contributed by atoms with Crippen LogP contribution in [0.4, 0.5) is 0 Å². The highest BCUT2D eigenvalue weighted by molar-refractivity contribution is 5.74. The Kier molecular flexibility index (Phi) is 5.82. The van der Waals surface area contributed by atoms with Crippen LogP contribution < -0.4 is 0 Å². The molecular formula is C14H22O5. The number of allylic oxidation sites excluding steroid dienone is 2. The molecule has 0 radical (unpaired) electrons. The third-order valence-corrected chi connectivity index (χ3v) is 3.66. The third kappa shape index (κ3) is 4.30. The number of carbonyl (C=O) groups excluding carboxylic acids is 1. The molecule has 5 heteroatoms. The Morgan fingerprint density at radius 1 is 1.05 bits per heavy atom. The number of hydrogen-bond donors (Lipinski definition) is 1. The minimum absolute atomic E-state index is 0.0234. The number of carbonyl (C=O) groups is 1. The molecule has 19 heavy (non-hydrogen) atoms. The van der Waals surface area contributed by atoms with Crippen molar-refractivity contribution in [3.8, 4) is 0 Å². The van der Waals surface area contributed by atoms with Gasteiger partial charge in [-0.3, -0.25) is 4.79 Å². The normalized spacial score (nSPS) is 27.9. The number of hydrogen-bond acceptors (Lipinski definition) is 5. The Morgan fingerprint density at radius 2 is 1.79 bits per heavy atom. The van der Waals surface area contributed by atoms with Crippen molar-refractivity contribution in [2.75, 3.05) is 39.6 Å². The number of aliphatic hydroxyl groups is 1. The van der Waals surface area contributed by atoms with Crippen molar-refractivity contribution in [2.24, 2.45) is 17.8 Å². The molecule has 2 aliphatic rings. The quantitative estimate of drug-likeness (QED) is 0.381. The van der Waals surface area contributed by atoms with Crippen molar-refractivity contribution in [2.45, 2.75) is 12.8 Å². The number of aliphatic hydroxyl groups excluding tert-OH is 1. The first-order valence-electron chi connectivity index (χ1n) is 6.92. The Morgan fingerprint density at radius 3 is 2.42 bits per heavy atom. The summed E-state index contributed by atoms with van der Waals surface area (Å²) in [6.45, 7) is 1.95. The summed E-state index contributed by atoms with van der Waals surface area (Å²) in [7, 11) is 0. The van der Waals surface area contributed by atoms with Gasteiger partial charge in [0.15, 0.2) is 0 Å². The third-order valence-electron chi connectivity index (χ3n) is 3.66. The molecule has 0 aromatic heterocycles. The van der Waals surface area contributed by atoms with Crippen LogP contribution in [-0.4, -0.2) is 50.7 Å². The molecule has 2 aliphatic carbocycles. The molecule has 0 unspecified atom stereocenters. The molecule has 0 aromatic rings. The van der Waals surface area contributed by atoms with E-state index < -0.39 is 0 Å². The standard InChI is InChI=1S/C14H22O5/c15-3-4-17-5-6-18-7-8-19-14(16)13-10-11-1-2-12(13)9-11/h1-2,11-13,15H,3-10H2/t11-,12+,13-/m0/s1. The first kappa shape index (κ1) is 14.5. The summed E-state index contributed by atoms with van der Waals surface area (Å²) in [5, 5.41) is 8.49. The molecule has 0 heterocycles. The number of fused-ring (bicyclic) bond motifs is 2. The Hall–Kier alpha value is -0.910. The molecule has 5 nitrogen and oxygen atoms in total. The van der Waals surface area contributed by atoms with Crippen LogP contribution in [0.5, 0.6) is 0 Å². The van der Waals surface area contributed by atoms with Gasteiger partial charge in [0.05, 0.1) is 39.0 Å². The SMILES string of the molecule is O=C(OCCOCCOCCO)[C@H]1C[C@H]2C=C[C@@H]1C2. The van der Waals surface area contributed by atoms with E-state index in [1.807, 2.05) is 0 Å². The zero-order valence-corrected chi connectivity index (χ0v) is 11.1. The molecule has 0 aromatic carbocycles. The number of esters is 1. The summed E-state index contributed by atoms with van der Waals surface area (Å²) in [5.74, 6) is 0.952. The second-order valence-electron chi connectivity index (χ2n) is 5.00. The lowest BCUT2D eigenvalue weighted by Gasteiger charge is -2.16. The summed E-state index contributed by atoms with van der Waals surface area (Å²) in [5.41, 5.74) is 0. The predicted octanol–water partition coefficient (Wildman–Crippen LogP) is 0.767. The van der Waals surface area contributed by atoms with E-state index in [1.165, 1.54) is 0 Å². The first-order chi connectivity index (χ1) is 9.31.